The number of anilines is 2. The molecule has 3 aromatic rings. The van der Waals surface area contributed by atoms with Gasteiger partial charge in [0, 0.05) is 16.8 Å². The van der Waals surface area contributed by atoms with Gasteiger partial charge in [0.15, 0.2) is 0 Å². The van der Waals surface area contributed by atoms with E-state index in [9.17, 15) is 9.59 Å². The minimum absolute atomic E-state index is 0.245. The summed E-state index contributed by atoms with van der Waals surface area (Å²) in [5.41, 5.74) is 2.10. The number of carbonyl (C=O) groups is 2. The van der Waals surface area contributed by atoms with Gasteiger partial charge in [0.2, 0.25) is 0 Å². The molecular formula is C21H17ClN2O3. The SMILES string of the molecule is COc1ccc(C(=O)Nc2ccc(C(=O)Nc3ccccc3Cl)cc2)cc1. The maximum atomic E-state index is 12.3. The summed E-state index contributed by atoms with van der Waals surface area (Å²) in [7, 11) is 1.57. The van der Waals surface area contributed by atoms with Crippen LogP contribution in [0.25, 0.3) is 0 Å². The molecule has 6 heteroatoms. The Morgan fingerprint density at radius 3 is 1.93 bits per heavy atom. The van der Waals surface area contributed by atoms with Crippen molar-refractivity contribution in [3.05, 3.63) is 88.9 Å². The highest BCUT2D eigenvalue weighted by Gasteiger charge is 2.10. The lowest BCUT2D eigenvalue weighted by molar-refractivity contribution is 0.102. The molecule has 0 radical (unpaired) electrons. The zero-order chi connectivity index (χ0) is 19.2. The van der Waals surface area contributed by atoms with E-state index in [1.807, 2.05) is 0 Å². The van der Waals surface area contributed by atoms with Crippen LogP contribution in [0.1, 0.15) is 20.7 Å². The van der Waals surface area contributed by atoms with Gasteiger partial charge in [0.05, 0.1) is 17.8 Å². The number of carbonyl (C=O) groups excluding carboxylic acids is 2. The minimum atomic E-state index is -0.281. The summed E-state index contributed by atoms with van der Waals surface area (Å²) in [4.78, 5) is 24.6. The van der Waals surface area contributed by atoms with Crippen molar-refractivity contribution in [2.24, 2.45) is 0 Å². The highest BCUT2D eigenvalue weighted by Crippen LogP contribution is 2.21. The number of nitrogens with one attached hydrogen (secondary N) is 2. The zero-order valence-corrected chi connectivity index (χ0v) is 15.3. The Hall–Kier alpha value is -3.31. The quantitative estimate of drug-likeness (QED) is 0.664. The molecule has 0 fully saturated rings. The summed E-state index contributed by atoms with van der Waals surface area (Å²) in [6.45, 7) is 0. The molecule has 0 saturated carbocycles. The van der Waals surface area contributed by atoms with Crippen molar-refractivity contribution in [1.82, 2.24) is 0 Å². The third-order valence-corrected chi connectivity index (χ3v) is 4.21. The summed E-state index contributed by atoms with van der Waals surface area (Å²) in [6.07, 6.45) is 0. The normalized spacial score (nSPS) is 10.1. The van der Waals surface area contributed by atoms with Gasteiger partial charge in [0.1, 0.15) is 5.75 Å². The van der Waals surface area contributed by atoms with Crippen LogP contribution >= 0.6 is 11.6 Å². The van der Waals surface area contributed by atoms with Gasteiger partial charge < -0.3 is 15.4 Å². The number of hydrogen-bond donors (Lipinski definition) is 2. The molecule has 0 atom stereocenters. The Morgan fingerprint density at radius 2 is 1.33 bits per heavy atom. The second-order valence-corrected chi connectivity index (χ2v) is 6.10. The van der Waals surface area contributed by atoms with Crippen molar-refractivity contribution in [3.63, 3.8) is 0 Å². The Morgan fingerprint density at radius 1 is 0.778 bits per heavy atom. The first-order valence-corrected chi connectivity index (χ1v) is 8.56. The summed E-state index contributed by atoms with van der Waals surface area (Å²) in [6, 6.07) is 20.4. The van der Waals surface area contributed by atoms with E-state index in [1.54, 1.807) is 79.9 Å². The third kappa shape index (κ3) is 4.65. The van der Waals surface area contributed by atoms with Crippen LogP contribution in [-0.4, -0.2) is 18.9 Å². The number of amides is 2. The van der Waals surface area contributed by atoms with Crippen molar-refractivity contribution in [2.75, 3.05) is 17.7 Å². The molecule has 0 aromatic heterocycles. The molecule has 0 unspecified atom stereocenters. The van der Waals surface area contributed by atoms with Crippen LogP contribution in [0.15, 0.2) is 72.8 Å². The standard InChI is InChI=1S/C21H17ClN2O3/c1-27-17-12-8-15(9-13-17)20(25)23-16-10-6-14(7-11-16)21(26)24-19-5-3-2-4-18(19)22/h2-13H,1H3,(H,23,25)(H,24,26). The van der Waals surface area contributed by atoms with Crippen LogP contribution in [0.4, 0.5) is 11.4 Å². The molecule has 0 spiro atoms. The number of benzene rings is 3. The fraction of sp³-hybridized carbons (Fsp3) is 0.0476. The molecule has 5 nitrogen and oxygen atoms in total. The molecule has 0 heterocycles. The van der Waals surface area contributed by atoms with Gasteiger partial charge in [-0.3, -0.25) is 9.59 Å². The molecule has 2 N–H and O–H groups in total. The van der Waals surface area contributed by atoms with Crippen LogP contribution in [0.3, 0.4) is 0 Å². The van der Waals surface area contributed by atoms with Gasteiger partial charge in [-0.25, -0.2) is 0 Å². The Bertz CT molecular complexity index is 954. The van der Waals surface area contributed by atoms with Gasteiger partial charge in [-0.1, -0.05) is 23.7 Å². The van der Waals surface area contributed by atoms with E-state index in [0.29, 0.717) is 33.3 Å². The highest BCUT2D eigenvalue weighted by atomic mass is 35.5. The van der Waals surface area contributed by atoms with Gasteiger partial charge in [0.25, 0.3) is 11.8 Å². The first kappa shape index (κ1) is 18.5. The van der Waals surface area contributed by atoms with E-state index in [4.69, 9.17) is 16.3 Å². The maximum absolute atomic E-state index is 12.3. The average molecular weight is 381 g/mol. The Balaban J connectivity index is 1.65. The monoisotopic (exact) mass is 380 g/mol. The lowest BCUT2D eigenvalue weighted by atomic mass is 10.1. The van der Waals surface area contributed by atoms with Crippen molar-refractivity contribution >= 4 is 34.8 Å². The number of ether oxygens (including phenoxy) is 1. The zero-order valence-electron chi connectivity index (χ0n) is 14.5. The van der Waals surface area contributed by atoms with E-state index in [1.165, 1.54) is 0 Å². The Kier molecular flexibility index (Phi) is 5.74. The predicted molar refractivity (Wildman–Crippen MR) is 107 cm³/mol. The summed E-state index contributed by atoms with van der Waals surface area (Å²) < 4.78 is 5.07. The molecule has 3 rings (SSSR count). The maximum Gasteiger partial charge on any atom is 0.255 e. The molecule has 136 valence electrons. The largest absolute Gasteiger partial charge is 0.497 e. The summed E-state index contributed by atoms with van der Waals surface area (Å²) in [5, 5.41) is 6.01. The smallest absolute Gasteiger partial charge is 0.255 e. The van der Waals surface area contributed by atoms with Crippen LogP contribution in [0.2, 0.25) is 5.02 Å². The second kappa shape index (κ2) is 8.38. The number of methoxy groups -OCH3 is 1. The summed E-state index contributed by atoms with van der Waals surface area (Å²) >= 11 is 6.05. The number of hydrogen-bond acceptors (Lipinski definition) is 3. The summed E-state index contributed by atoms with van der Waals surface area (Å²) in [5.74, 6) is 0.155. The first-order valence-electron chi connectivity index (χ1n) is 8.18. The van der Waals surface area contributed by atoms with Crippen molar-refractivity contribution in [2.45, 2.75) is 0 Å². The number of halogens is 1. The van der Waals surface area contributed by atoms with E-state index in [0.717, 1.165) is 0 Å². The second-order valence-electron chi connectivity index (χ2n) is 5.69. The molecule has 2 amide bonds. The molecule has 3 aromatic carbocycles. The first-order chi connectivity index (χ1) is 13.1. The van der Waals surface area contributed by atoms with E-state index >= 15 is 0 Å². The fourth-order valence-corrected chi connectivity index (χ4v) is 2.59. The lowest BCUT2D eigenvalue weighted by Crippen LogP contribution is -2.14. The van der Waals surface area contributed by atoms with Crippen molar-refractivity contribution < 1.29 is 14.3 Å². The molecular weight excluding hydrogens is 364 g/mol. The lowest BCUT2D eigenvalue weighted by Gasteiger charge is -2.09. The number of rotatable bonds is 5. The van der Waals surface area contributed by atoms with Crippen LogP contribution in [0.5, 0.6) is 5.75 Å². The molecule has 0 aliphatic heterocycles. The van der Waals surface area contributed by atoms with E-state index in [2.05, 4.69) is 10.6 Å². The van der Waals surface area contributed by atoms with Crippen molar-refractivity contribution in [1.29, 1.82) is 0 Å². The average Bonchev–Trinajstić information content (AvgIpc) is 2.70. The van der Waals surface area contributed by atoms with Crippen LogP contribution in [0, 0.1) is 0 Å². The third-order valence-electron chi connectivity index (χ3n) is 3.88. The van der Waals surface area contributed by atoms with Gasteiger partial charge in [-0.05, 0) is 60.7 Å². The Labute approximate surface area is 161 Å². The predicted octanol–water partition coefficient (Wildman–Crippen LogP) is 4.85. The molecule has 27 heavy (non-hydrogen) atoms. The van der Waals surface area contributed by atoms with E-state index < -0.39 is 0 Å². The van der Waals surface area contributed by atoms with Crippen LogP contribution < -0.4 is 15.4 Å². The topological polar surface area (TPSA) is 67.4 Å². The van der Waals surface area contributed by atoms with E-state index in [-0.39, 0.29) is 11.8 Å². The highest BCUT2D eigenvalue weighted by molar-refractivity contribution is 6.33. The van der Waals surface area contributed by atoms with Gasteiger partial charge >= 0.3 is 0 Å². The molecule has 0 aliphatic rings. The van der Waals surface area contributed by atoms with Gasteiger partial charge in [-0.2, -0.15) is 0 Å². The number of para-hydroxylation sites is 1. The van der Waals surface area contributed by atoms with Crippen molar-refractivity contribution in [3.8, 4) is 5.75 Å². The molecule has 0 bridgehead atoms. The van der Waals surface area contributed by atoms with Crippen LogP contribution in [-0.2, 0) is 0 Å². The van der Waals surface area contributed by atoms with Gasteiger partial charge in [-0.15, -0.1) is 0 Å². The fourth-order valence-electron chi connectivity index (χ4n) is 2.41. The molecule has 0 saturated heterocycles. The molecule has 0 aliphatic carbocycles. The minimum Gasteiger partial charge on any atom is -0.497 e.